The molecule has 14 heavy (non-hydrogen) atoms. The Labute approximate surface area is 91.4 Å². The van der Waals surface area contributed by atoms with Crippen LogP contribution in [0.5, 0.6) is 0 Å². The zero-order chi connectivity index (χ0) is 10.1. The molecule has 0 aromatic carbocycles. The summed E-state index contributed by atoms with van der Waals surface area (Å²) in [4.78, 5) is 10.6. The van der Waals surface area contributed by atoms with Crippen LogP contribution in [0, 0.1) is 0 Å². The molecule has 0 amide bonds. The molecule has 74 valence electrons. The molecule has 0 N–H and O–H groups in total. The van der Waals surface area contributed by atoms with Gasteiger partial charge in [0.05, 0.1) is 22.5 Å². The fraction of sp³-hybridized carbons (Fsp3) is 0.333. The molecule has 5 heteroatoms. The zero-order valence-electron chi connectivity index (χ0n) is 7.99. The lowest BCUT2D eigenvalue weighted by atomic mass is 10.4. The van der Waals surface area contributed by atoms with Gasteiger partial charge in [-0.15, -0.1) is 11.6 Å². The molecule has 0 radical (unpaired) electrons. The van der Waals surface area contributed by atoms with Gasteiger partial charge >= 0.3 is 0 Å². The number of nitrogens with zero attached hydrogens (tertiary/aromatic N) is 3. The molecule has 2 aromatic heterocycles. The fourth-order valence-corrected chi connectivity index (χ4v) is 2.19. The summed E-state index contributed by atoms with van der Waals surface area (Å²) in [5.74, 6) is 0.450. The number of halogens is 1. The summed E-state index contributed by atoms with van der Waals surface area (Å²) < 4.78 is 1.14. The number of rotatable bonds is 2. The van der Waals surface area contributed by atoms with Crippen LogP contribution in [0.2, 0.25) is 0 Å². The van der Waals surface area contributed by atoms with Crippen molar-refractivity contribution in [3.05, 3.63) is 18.0 Å². The maximum Gasteiger partial charge on any atom is 0.185 e. The molecule has 0 bridgehead atoms. The first-order valence-corrected chi connectivity index (χ1v) is 5.54. The van der Waals surface area contributed by atoms with Crippen LogP contribution in [0.4, 0.5) is 5.13 Å². The number of hydrogen-bond donors (Lipinski definition) is 0. The number of fused-ring (bicyclic) bond motifs is 1. The molecule has 2 heterocycles. The molecule has 0 aliphatic carbocycles. The second-order valence-corrected chi connectivity index (χ2v) is 4.44. The second-order valence-electron chi connectivity index (χ2n) is 3.17. The predicted molar refractivity (Wildman–Crippen MR) is 61.3 cm³/mol. The van der Waals surface area contributed by atoms with Crippen LogP contribution in [0.1, 0.15) is 5.69 Å². The van der Waals surface area contributed by atoms with Crippen molar-refractivity contribution >= 4 is 38.3 Å². The van der Waals surface area contributed by atoms with Crippen molar-refractivity contribution in [1.29, 1.82) is 0 Å². The summed E-state index contributed by atoms with van der Waals surface area (Å²) >= 11 is 7.36. The molecule has 0 saturated heterocycles. The first-order chi connectivity index (χ1) is 6.70. The number of aromatic nitrogens is 2. The topological polar surface area (TPSA) is 29.0 Å². The van der Waals surface area contributed by atoms with Gasteiger partial charge in [-0.1, -0.05) is 11.3 Å². The molecule has 0 saturated carbocycles. The largest absolute Gasteiger partial charge is 0.354 e. The molecular weight excluding hydrogens is 218 g/mol. The van der Waals surface area contributed by atoms with Crippen molar-refractivity contribution in [3.8, 4) is 0 Å². The van der Waals surface area contributed by atoms with Crippen molar-refractivity contribution < 1.29 is 0 Å². The number of hydrogen-bond acceptors (Lipinski definition) is 4. The van der Waals surface area contributed by atoms with Gasteiger partial charge in [-0.05, 0) is 6.07 Å². The summed E-state index contributed by atoms with van der Waals surface area (Å²) in [6.45, 7) is 0. The smallest absolute Gasteiger partial charge is 0.185 e. The number of pyridine rings is 1. The van der Waals surface area contributed by atoms with Crippen molar-refractivity contribution in [3.63, 3.8) is 0 Å². The van der Waals surface area contributed by atoms with E-state index < -0.39 is 0 Å². The summed E-state index contributed by atoms with van der Waals surface area (Å²) in [6, 6.07) is 1.99. The minimum Gasteiger partial charge on any atom is -0.354 e. The van der Waals surface area contributed by atoms with E-state index in [1.165, 1.54) is 0 Å². The highest BCUT2D eigenvalue weighted by atomic mass is 35.5. The Bertz CT molecular complexity index is 452. The highest BCUT2D eigenvalue weighted by Crippen LogP contribution is 2.27. The van der Waals surface area contributed by atoms with E-state index in [9.17, 15) is 0 Å². The van der Waals surface area contributed by atoms with Crippen LogP contribution in [0.25, 0.3) is 10.2 Å². The number of thiazole rings is 1. The van der Waals surface area contributed by atoms with Gasteiger partial charge in [0.2, 0.25) is 0 Å². The van der Waals surface area contributed by atoms with E-state index in [1.807, 2.05) is 25.1 Å². The average molecular weight is 228 g/mol. The van der Waals surface area contributed by atoms with E-state index in [-0.39, 0.29) is 0 Å². The molecule has 2 rings (SSSR count). The van der Waals surface area contributed by atoms with E-state index in [4.69, 9.17) is 11.6 Å². The summed E-state index contributed by atoms with van der Waals surface area (Å²) in [5, 5.41) is 0.994. The van der Waals surface area contributed by atoms with Gasteiger partial charge in [0.15, 0.2) is 5.13 Å². The van der Waals surface area contributed by atoms with E-state index in [1.54, 1.807) is 17.5 Å². The third-order valence-electron chi connectivity index (χ3n) is 1.84. The lowest BCUT2D eigenvalue weighted by molar-refractivity contribution is 1.11. The van der Waals surface area contributed by atoms with Crippen LogP contribution in [-0.2, 0) is 5.88 Å². The molecule has 0 atom stereocenters. The normalized spacial score (nSPS) is 10.8. The maximum atomic E-state index is 5.71. The van der Waals surface area contributed by atoms with Crippen LogP contribution in [-0.4, -0.2) is 24.1 Å². The molecule has 0 aliphatic heterocycles. The molecule has 0 unspecified atom stereocenters. The molecule has 0 fully saturated rings. The summed E-state index contributed by atoms with van der Waals surface area (Å²) in [5.41, 5.74) is 1.83. The average Bonchev–Trinajstić information content (AvgIpc) is 2.59. The third kappa shape index (κ3) is 1.67. The molecule has 2 aromatic rings. The van der Waals surface area contributed by atoms with Gasteiger partial charge in [-0.3, -0.25) is 4.98 Å². The lowest BCUT2D eigenvalue weighted by Gasteiger charge is -2.04. The van der Waals surface area contributed by atoms with E-state index in [0.29, 0.717) is 5.88 Å². The molecule has 0 aliphatic rings. The first kappa shape index (κ1) is 9.68. The SMILES string of the molecule is CN(C)c1nc2cnc(CCl)cc2s1. The van der Waals surface area contributed by atoms with Gasteiger partial charge in [-0.2, -0.15) is 0 Å². The van der Waals surface area contributed by atoms with Crippen molar-refractivity contribution in [2.75, 3.05) is 19.0 Å². The predicted octanol–water partition coefficient (Wildman–Crippen LogP) is 2.50. The van der Waals surface area contributed by atoms with Gasteiger partial charge in [-0.25, -0.2) is 4.98 Å². The van der Waals surface area contributed by atoms with Crippen molar-refractivity contribution in [2.45, 2.75) is 5.88 Å². The molecule has 3 nitrogen and oxygen atoms in total. The first-order valence-electron chi connectivity index (χ1n) is 4.19. The molecule has 0 spiro atoms. The second kappa shape index (κ2) is 3.71. The monoisotopic (exact) mass is 227 g/mol. The highest BCUT2D eigenvalue weighted by Gasteiger charge is 2.06. The van der Waals surface area contributed by atoms with Crippen LogP contribution in [0.15, 0.2) is 12.3 Å². The van der Waals surface area contributed by atoms with E-state index in [2.05, 4.69) is 9.97 Å². The van der Waals surface area contributed by atoms with Crippen LogP contribution < -0.4 is 4.90 Å². The van der Waals surface area contributed by atoms with Crippen LogP contribution >= 0.6 is 22.9 Å². The Morgan fingerprint density at radius 1 is 1.50 bits per heavy atom. The lowest BCUT2D eigenvalue weighted by Crippen LogP contribution is -2.07. The Morgan fingerprint density at radius 3 is 2.93 bits per heavy atom. The van der Waals surface area contributed by atoms with E-state index in [0.717, 1.165) is 21.0 Å². The minimum atomic E-state index is 0.450. The van der Waals surface area contributed by atoms with Gasteiger partial charge < -0.3 is 4.90 Å². The fourth-order valence-electron chi connectivity index (χ4n) is 1.12. The van der Waals surface area contributed by atoms with E-state index >= 15 is 0 Å². The minimum absolute atomic E-state index is 0.450. The number of anilines is 1. The zero-order valence-corrected chi connectivity index (χ0v) is 9.56. The summed E-state index contributed by atoms with van der Waals surface area (Å²) in [6.07, 6.45) is 1.77. The Morgan fingerprint density at radius 2 is 2.29 bits per heavy atom. The Hall–Kier alpha value is -0.870. The van der Waals surface area contributed by atoms with Crippen molar-refractivity contribution in [2.24, 2.45) is 0 Å². The number of alkyl halides is 1. The highest BCUT2D eigenvalue weighted by molar-refractivity contribution is 7.22. The van der Waals surface area contributed by atoms with Gasteiger partial charge in [0.1, 0.15) is 5.52 Å². The maximum absolute atomic E-state index is 5.71. The van der Waals surface area contributed by atoms with Gasteiger partial charge in [0.25, 0.3) is 0 Å². The Balaban J connectivity index is 2.54. The quantitative estimate of drug-likeness (QED) is 0.739. The van der Waals surface area contributed by atoms with Gasteiger partial charge in [0, 0.05) is 14.1 Å². The van der Waals surface area contributed by atoms with Crippen LogP contribution in [0.3, 0.4) is 0 Å². The standard InChI is InChI=1S/C9H10ClN3S/c1-13(2)9-12-7-5-11-6(4-10)3-8(7)14-9/h3,5H,4H2,1-2H3. The third-order valence-corrected chi connectivity index (χ3v) is 3.30. The Kier molecular flexibility index (Phi) is 2.56. The van der Waals surface area contributed by atoms with Crippen molar-refractivity contribution in [1.82, 2.24) is 9.97 Å². The molecular formula is C9H10ClN3S. The summed E-state index contributed by atoms with van der Waals surface area (Å²) in [7, 11) is 3.96.